The summed E-state index contributed by atoms with van der Waals surface area (Å²) in [4.78, 5) is 28.4. The van der Waals surface area contributed by atoms with Crippen molar-refractivity contribution in [1.82, 2.24) is 4.98 Å². The minimum atomic E-state index is -0.283. The van der Waals surface area contributed by atoms with Crippen LogP contribution in [0.2, 0.25) is 0 Å². The molecule has 25 heavy (non-hydrogen) atoms. The van der Waals surface area contributed by atoms with E-state index < -0.39 is 0 Å². The molecule has 1 heterocycles. The number of fused-ring (bicyclic) bond motifs is 1. The quantitative estimate of drug-likeness (QED) is 0.800. The number of hydrogen-bond donors (Lipinski definition) is 1. The molecule has 1 fully saturated rings. The van der Waals surface area contributed by atoms with Crippen molar-refractivity contribution in [3.63, 3.8) is 0 Å². The number of nitrogens with zero attached hydrogens (tertiary/aromatic N) is 1. The molecule has 134 valence electrons. The van der Waals surface area contributed by atoms with Gasteiger partial charge in [0, 0.05) is 6.42 Å². The van der Waals surface area contributed by atoms with Gasteiger partial charge in [-0.2, -0.15) is 0 Å². The van der Waals surface area contributed by atoms with Crippen LogP contribution in [0.4, 0.5) is 5.13 Å². The summed E-state index contributed by atoms with van der Waals surface area (Å²) in [5, 5.41) is 3.36. The van der Waals surface area contributed by atoms with Crippen LogP contribution in [0.3, 0.4) is 0 Å². The van der Waals surface area contributed by atoms with E-state index in [-0.39, 0.29) is 30.8 Å². The van der Waals surface area contributed by atoms with E-state index in [0.717, 1.165) is 47.4 Å². The van der Waals surface area contributed by atoms with Gasteiger partial charge in [-0.05, 0) is 50.2 Å². The van der Waals surface area contributed by atoms with Gasteiger partial charge in [-0.3, -0.25) is 9.59 Å². The van der Waals surface area contributed by atoms with Crippen LogP contribution in [0.15, 0.2) is 18.2 Å². The fraction of sp³-hybridized carbons (Fsp3) is 0.526. The molecule has 0 radical (unpaired) electrons. The van der Waals surface area contributed by atoms with Crippen LogP contribution in [0, 0.1) is 12.8 Å². The fourth-order valence-corrected chi connectivity index (χ4v) is 4.08. The van der Waals surface area contributed by atoms with Crippen molar-refractivity contribution in [1.29, 1.82) is 0 Å². The number of benzene rings is 1. The topological polar surface area (TPSA) is 68.3 Å². The molecule has 0 spiro atoms. The first-order valence-electron chi connectivity index (χ1n) is 8.87. The van der Waals surface area contributed by atoms with Crippen molar-refractivity contribution >= 4 is 38.6 Å². The summed E-state index contributed by atoms with van der Waals surface area (Å²) in [7, 11) is 0. The van der Waals surface area contributed by atoms with Crippen molar-refractivity contribution < 1.29 is 14.3 Å². The fourth-order valence-electron chi connectivity index (χ4n) is 3.13. The Morgan fingerprint density at radius 1 is 1.24 bits per heavy atom. The molecule has 0 atom stereocenters. The van der Waals surface area contributed by atoms with Crippen molar-refractivity contribution in [2.24, 2.45) is 5.92 Å². The number of aromatic nitrogens is 1. The second-order valence-corrected chi connectivity index (χ2v) is 7.86. The highest BCUT2D eigenvalue weighted by Crippen LogP contribution is 2.29. The van der Waals surface area contributed by atoms with Gasteiger partial charge >= 0.3 is 5.97 Å². The highest BCUT2D eigenvalue weighted by Gasteiger charge is 2.21. The number of carbonyl (C=O) groups is 2. The minimum absolute atomic E-state index is 0.0269. The average Bonchev–Trinajstić information content (AvgIpc) is 2.99. The van der Waals surface area contributed by atoms with E-state index in [0.29, 0.717) is 5.13 Å². The molecule has 1 aliphatic carbocycles. The maximum Gasteiger partial charge on any atom is 0.306 e. The third kappa shape index (κ3) is 4.78. The Morgan fingerprint density at radius 3 is 2.72 bits per heavy atom. The van der Waals surface area contributed by atoms with Gasteiger partial charge in [0.15, 0.2) is 5.13 Å². The third-order valence-corrected chi connectivity index (χ3v) is 5.80. The molecule has 2 aromatic rings. The molecular formula is C19H24N2O3S. The van der Waals surface area contributed by atoms with E-state index in [4.69, 9.17) is 4.74 Å². The Kier molecular flexibility index (Phi) is 5.68. The van der Waals surface area contributed by atoms with Gasteiger partial charge < -0.3 is 10.1 Å². The maximum atomic E-state index is 12.1. The minimum Gasteiger partial charge on any atom is -0.462 e. The number of hydrogen-bond acceptors (Lipinski definition) is 5. The first-order valence-corrected chi connectivity index (χ1v) is 9.68. The first kappa shape index (κ1) is 17.9. The summed E-state index contributed by atoms with van der Waals surface area (Å²) in [5.74, 6) is 0.235. The molecule has 1 aromatic heterocycles. The molecule has 0 unspecified atom stereocenters. The molecule has 1 N–H and O–H groups in total. The molecule has 0 aliphatic heterocycles. The summed E-state index contributed by atoms with van der Waals surface area (Å²) < 4.78 is 6.54. The van der Waals surface area contributed by atoms with Crippen molar-refractivity contribution in [3.8, 4) is 0 Å². The molecule has 1 aliphatic rings. The molecular weight excluding hydrogens is 336 g/mol. The average molecular weight is 360 g/mol. The number of rotatable bonds is 5. The molecule has 0 bridgehead atoms. The molecule has 0 saturated heterocycles. The molecule has 6 heteroatoms. The zero-order chi connectivity index (χ0) is 17.8. The predicted molar refractivity (Wildman–Crippen MR) is 99.7 cm³/mol. The number of anilines is 1. The van der Waals surface area contributed by atoms with Crippen molar-refractivity contribution in [3.05, 3.63) is 23.8 Å². The van der Waals surface area contributed by atoms with E-state index in [1.54, 1.807) is 0 Å². The largest absolute Gasteiger partial charge is 0.462 e. The number of nitrogens with one attached hydrogen (secondary N) is 1. The SMILES string of the molecule is Cc1cccc2nc(NC(=O)CCC(=O)OC3CCC(C)CC3)sc12. The van der Waals surface area contributed by atoms with Gasteiger partial charge in [0.05, 0.1) is 16.6 Å². The zero-order valence-corrected chi connectivity index (χ0v) is 15.5. The number of carbonyl (C=O) groups excluding carboxylic acids is 2. The molecule has 5 nitrogen and oxygen atoms in total. The summed E-state index contributed by atoms with van der Waals surface area (Å²) in [6, 6.07) is 5.90. The number of thiazole rings is 1. The van der Waals surface area contributed by atoms with E-state index in [1.807, 2.05) is 25.1 Å². The highest BCUT2D eigenvalue weighted by molar-refractivity contribution is 7.22. The van der Waals surface area contributed by atoms with Crippen LogP contribution in [0.5, 0.6) is 0 Å². The number of amides is 1. The predicted octanol–water partition coefficient (Wildman–Crippen LogP) is 4.45. The molecule has 3 rings (SSSR count). The lowest BCUT2D eigenvalue weighted by Crippen LogP contribution is -2.24. The van der Waals surface area contributed by atoms with Crippen molar-refractivity contribution in [2.45, 2.75) is 58.5 Å². The Balaban J connectivity index is 1.45. The highest BCUT2D eigenvalue weighted by atomic mass is 32.1. The zero-order valence-electron chi connectivity index (χ0n) is 14.7. The normalized spacial score (nSPS) is 20.4. The van der Waals surface area contributed by atoms with Gasteiger partial charge in [0.1, 0.15) is 6.10 Å². The summed E-state index contributed by atoms with van der Waals surface area (Å²) in [6.07, 6.45) is 4.34. The van der Waals surface area contributed by atoms with Crippen LogP contribution >= 0.6 is 11.3 Å². The number of aryl methyl sites for hydroxylation is 1. The molecule has 1 saturated carbocycles. The Morgan fingerprint density at radius 2 is 2.00 bits per heavy atom. The third-order valence-electron chi connectivity index (χ3n) is 4.68. The van der Waals surface area contributed by atoms with E-state index in [1.165, 1.54) is 11.3 Å². The van der Waals surface area contributed by atoms with Crippen molar-refractivity contribution in [2.75, 3.05) is 5.32 Å². The summed E-state index contributed by atoms with van der Waals surface area (Å²) in [5.41, 5.74) is 2.02. The van der Waals surface area contributed by atoms with Gasteiger partial charge in [-0.15, -0.1) is 0 Å². The summed E-state index contributed by atoms with van der Waals surface area (Å²) in [6.45, 7) is 4.25. The smallest absolute Gasteiger partial charge is 0.306 e. The van der Waals surface area contributed by atoms with Gasteiger partial charge in [0.25, 0.3) is 0 Å². The van der Waals surface area contributed by atoms with Crippen LogP contribution in [-0.4, -0.2) is 23.0 Å². The number of esters is 1. The number of ether oxygens (including phenoxy) is 1. The van der Waals surface area contributed by atoms with Crippen LogP contribution in [-0.2, 0) is 14.3 Å². The maximum absolute atomic E-state index is 12.1. The second-order valence-electron chi connectivity index (χ2n) is 6.86. The van der Waals surface area contributed by atoms with Crippen LogP contribution in [0.1, 0.15) is 51.0 Å². The lowest BCUT2D eigenvalue weighted by atomic mass is 9.89. The first-order chi connectivity index (χ1) is 12.0. The van der Waals surface area contributed by atoms with Gasteiger partial charge in [-0.25, -0.2) is 4.98 Å². The van der Waals surface area contributed by atoms with E-state index in [9.17, 15) is 9.59 Å². The van der Waals surface area contributed by atoms with Crippen LogP contribution < -0.4 is 5.32 Å². The Bertz CT molecular complexity index is 763. The Hall–Kier alpha value is -1.95. The second kappa shape index (κ2) is 7.95. The summed E-state index contributed by atoms with van der Waals surface area (Å²) >= 11 is 1.46. The molecule has 1 amide bonds. The van der Waals surface area contributed by atoms with E-state index >= 15 is 0 Å². The van der Waals surface area contributed by atoms with E-state index in [2.05, 4.69) is 17.2 Å². The Labute approximate surface area is 151 Å². The lowest BCUT2D eigenvalue weighted by Gasteiger charge is -2.25. The molecule has 1 aromatic carbocycles. The van der Waals surface area contributed by atoms with Crippen LogP contribution in [0.25, 0.3) is 10.2 Å². The standard InChI is InChI=1S/C19H24N2O3S/c1-12-6-8-14(9-7-12)24-17(23)11-10-16(22)21-19-20-15-5-3-4-13(2)18(15)25-19/h3-5,12,14H,6-11H2,1-2H3,(H,20,21,22). The lowest BCUT2D eigenvalue weighted by molar-refractivity contribution is -0.151. The van der Waals surface area contributed by atoms with Gasteiger partial charge in [-0.1, -0.05) is 30.4 Å². The van der Waals surface area contributed by atoms with Gasteiger partial charge in [0.2, 0.25) is 5.91 Å². The monoisotopic (exact) mass is 360 g/mol.